The van der Waals surface area contributed by atoms with Crippen molar-refractivity contribution in [1.82, 2.24) is 24.8 Å². The average Bonchev–Trinajstić information content (AvgIpc) is 2.58. The molecule has 1 N–H and O–H groups in total. The summed E-state index contributed by atoms with van der Waals surface area (Å²) in [6, 6.07) is 3.72. The maximum Gasteiger partial charge on any atom is 0.255 e. The minimum atomic E-state index is -0.255. The van der Waals surface area contributed by atoms with Crippen LogP contribution in [0.25, 0.3) is 11.4 Å². The lowest BCUT2D eigenvalue weighted by atomic mass is 10.1. The monoisotopic (exact) mass is 341 g/mol. The van der Waals surface area contributed by atoms with Gasteiger partial charge in [0.1, 0.15) is 5.82 Å². The van der Waals surface area contributed by atoms with Crippen molar-refractivity contribution >= 4 is 5.91 Å². The van der Waals surface area contributed by atoms with Crippen molar-refractivity contribution in [3.8, 4) is 11.4 Å². The summed E-state index contributed by atoms with van der Waals surface area (Å²) >= 11 is 0. The second-order valence-corrected chi connectivity index (χ2v) is 6.59. The lowest BCUT2D eigenvalue weighted by Crippen LogP contribution is -2.53. The molecule has 132 valence electrons. The van der Waals surface area contributed by atoms with E-state index in [1.165, 1.54) is 0 Å². The molecule has 3 heterocycles. The van der Waals surface area contributed by atoms with Crippen LogP contribution in [0.4, 0.5) is 0 Å². The van der Waals surface area contributed by atoms with Crippen LogP contribution in [-0.4, -0.2) is 63.4 Å². The molecule has 25 heavy (non-hydrogen) atoms. The number of hydrogen-bond acceptors (Lipinski definition) is 5. The Bertz CT molecular complexity index is 818. The Hall–Kier alpha value is -2.54. The van der Waals surface area contributed by atoms with Gasteiger partial charge in [-0.1, -0.05) is 0 Å². The number of likely N-dealkylation sites (N-methyl/N-ethyl adjacent to an activating group) is 1. The second kappa shape index (κ2) is 7.14. The minimum Gasteiger partial charge on any atom is -0.337 e. The largest absolute Gasteiger partial charge is 0.337 e. The zero-order chi connectivity index (χ0) is 18.0. The summed E-state index contributed by atoms with van der Waals surface area (Å²) in [6.07, 6.45) is 3.38. The summed E-state index contributed by atoms with van der Waals surface area (Å²) < 4.78 is 0. The topological polar surface area (TPSA) is 82.2 Å². The van der Waals surface area contributed by atoms with Gasteiger partial charge in [-0.05, 0) is 33.0 Å². The molecule has 2 aromatic heterocycles. The normalized spacial score (nSPS) is 18.4. The molecular formula is C18H23N5O2. The van der Waals surface area contributed by atoms with Gasteiger partial charge in [-0.25, -0.2) is 4.98 Å². The van der Waals surface area contributed by atoms with Gasteiger partial charge in [0.25, 0.3) is 5.56 Å². The van der Waals surface area contributed by atoms with E-state index in [0.717, 1.165) is 18.7 Å². The highest BCUT2D eigenvalue weighted by atomic mass is 16.2. The van der Waals surface area contributed by atoms with E-state index < -0.39 is 0 Å². The molecule has 1 amide bonds. The van der Waals surface area contributed by atoms with E-state index in [1.807, 2.05) is 11.8 Å². The number of aromatic nitrogens is 3. The third-order valence-corrected chi connectivity index (χ3v) is 4.65. The number of H-pyrrole nitrogens is 1. The van der Waals surface area contributed by atoms with E-state index in [9.17, 15) is 9.59 Å². The van der Waals surface area contributed by atoms with Crippen LogP contribution in [0.2, 0.25) is 0 Å². The standard InChI is InChI=1S/C18H23N5O2/c1-12-11-22(3)8-9-23(12)16(24)10-15-13(2)20-17(21-18(15)25)14-4-6-19-7-5-14/h4-7,12H,8-11H2,1-3H3,(H,20,21,25). The van der Waals surface area contributed by atoms with Crippen molar-refractivity contribution < 1.29 is 4.79 Å². The van der Waals surface area contributed by atoms with Crippen molar-refractivity contribution in [1.29, 1.82) is 0 Å². The number of carbonyl (C=O) groups excluding carboxylic acids is 1. The summed E-state index contributed by atoms with van der Waals surface area (Å²) in [5.74, 6) is 0.474. The first-order valence-electron chi connectivity index (χ1n) is 8.44. The maximum absolute atomic E-state index is 12.7. The Morgan fingerprint density at radius 1 is 1.32 bits per heavy atom. The summed E-state index contributed by atoms with van der Waals surface area (Å²) in [4.78, 5) is 40.4. The molecule has 0 bridgehead atoms. The first kappa shape index (κ1) is 17.3. The van der Waals surface area contributed by atoms with Crippen LogP contribution in [0.5, 0.6) is 0 Å². The predicted molar refractivity (Wildman–Crippen MR) is 95.2 cm³/mol. The lowest BCUT2D eigenvalue weighted by molar-refractivity contribution is -0.134. The molecule has 7 nitrogen and oxygen atoms in total. The minimum absolute atomic E-state index is 0.0207. The van der Waals surface area contributed by atoms with Gasteiger partial charge >= 0.3 is 0 Å². The maximum atomic E-state index is 12.7. The van der Waals surface area contributed by atoms with Crippen molar-refractivity contribution in [2.24, 2.45) is 0 Å². The number of amides is 1. The number of carbonyl (C=O) groups is 1. The molecule has 0 radical (unpaired) electrons. The second-order valence-electron chi connectivity index (χ2n) is 6.59. The van der Waals surface area contributed by atoms with E-state index in [-0.39, 0.29) is 23.9 Å². The number of aromatic amines is 1. The molecule has 1 saturated heterocycles. The third kappa shape index (κ3) is 3.76. The zero-order valence-electron chi connectivity index (χ0n) is 14.8. The molecule has 7 heteroatoms. The molecule has 1 atom stereocenters. The van der Waals surface area contributed by atoms with Crippen LogP contribution in [-0.2, 0) is 11.2 Å². The molecule has 0 saturated carbocycles. The van der Waals surface area contributed by atoms with Crippen LogP contribution < -0.4 is 5.56 Å². The van der Waals surface area contributed by atoms with Gasteiger partial charge < -0.3 is 14.8 Å². The average molecular weight is 341 g/mol. The van der Waals surface area contributed by atoms with Crippen LogP contribution in [0.15, 0.2) is 29.3 Å². The number of nitrogens with zero attached hydrogens (tertiary/aromatic N) is 4. The fourth-order valence-electron chi connectivity index (χ4n) is 3.23. The lowest BCUT2D eigenvalue weighted by Gasteiger charge is -2.38. The molecule has 3 rings (SSSR count). The van der Waals surface area contributed by atoms with Gasteiger partial charge in [-0.2, -0.15) is 0 Å². The molecule has 2 aromatic rings. The fourth-order valence-corrected chi connectivity index (χ4v) is 3.23. The summed E-state index contributed by atoms with van der Waals surface area (Å²) in [6.45, 7) is 6.20. The van der Waals surface area contributed by atoms with E-state index in [1.54, 1.807) is 31.5 Å². The first-order chi connectivity index (χ1) is 12.0. The summed E-state index contributed by atoms with van der Waals surface area (Å²) in [7, 11) is 2.05. The van der Waals surface area contributed by atoms with Crippen molar-refractivity contribution in [3.63, 3.8) is 0 Å². The highest BCUT2D eigenvalue weighted by Crippen LogP contribution is 2.15. The molecule has 0 spiro atoms. The third-order valence-electron chi connectivity index (χ3n) is 4.65. The first-order valence-corrected chi connectivity index (χ1v) is 8.44. The van der Waals surface area contributed by atoms with Crippen molar-refractivity contribution in [2.45, 2.75) is 26.3 Å². The Kier molecular flexibility index (Phi) is 4.94. The van der Waals surface area contributed by atoms with Gasteiger partial charge in [0.15, 0.2) is 0 Å². The van der Waals surface area contributed by atoms with Crippen LogP contribution >= 0.6 is 0 Å². The van der Waals surface area contributed by atoms with Crippen LogP contribution in [0.1, 0.15) is 18.2 Å². The van der Waals surface area contributed by atoms with Gasteiger partial charge in [0.05, 0.1) is 6.42 Å². The number of hydrogen-bond donors (Lipinski definition) is 1. The van der Waals surface area contributed by atoms with Crippen molar-refractivity contribution in [2.75, 3.05) is 26.7 Å². The Morgan fingerprint density at radius 3 is 2.68 bits per heavy atom. The van der Waals surface area contributed by atoms with Gasteiger partial charge in [-0.15, -0.1) is 0 Å². The highest BCUT2D eigenvalue weighted by molar-refractivity contribution is 5.79. The number of rotatable bonds is 3. The predicted octanol–water partition coefficient (Wildman–Crippen LogP) is 0.845. The van der Waals surface area contributed by atoms with Crippen LogP contribution in [0, 0.1) is 6.92 Å². The molecule has 1 aliphatic heterocycles. The SMILES string of the molecule is Cc1nc(-c2ccncc2)[nH]c(=O)c1CC(=O)N1CCN(C)CC1C. The number of piperazine rings is 1. The molecule has 1 fully saturated rings. The van der Waals surface area contributed by atoms with Gasteiger partial charge in [-0.3, -0.25) is 14.6 Å². The van der Waals surface area contributed by atoms with Gasteiger partial charge in [0.2, 0.25) is 5.91 Å². The molecule has 1 aliphatic rings. The zero-order valence-corrected chi connectivity index (χ0v) is 14.8. The highest BCUT2D eigenvalue weighted by Gasteiger charge is 2.26. The summed E-state index contributed by atoms with van der Waals surface area (Å²) in [5, 5.41) is 0. The molecule has 0 aromatic carbocycles. The van der Waals surface area contributed by atoms with Crippen LogP contribution in [0.3, 0.4) is 0 Å². The Labute approximate surface area is 146 Å². The molecule has 1 unspecified atom stereocenters. The van der Waals surface area contributed by atoms with E-state index in [2.05, 4.69) is 26.9 Å². The fraction of sp³-hybridized carbons (Fsp3) is 0.444. The number of aryl methyl sites for hydroxylation is 1. The quantitative estimate of drug-likeness (QED) is 0.895. The number of nitrogens with one attached hydrogen (secondary N) is 1. The summed E-state index contributed by atoms with van der Waals surface area (Å²) in [5.41, 5.74) is 1.56. The Morgan fingerprint density at radius 2 is 2.04 bits per heavy atom. The van der Waals surface area contributed by atoms with E-state index >= 15 is 0 Å². The number of pyridine rings is 1. The van der Waals surface area contributed by atoms with Crippen molar-refractivity contribution in [3.05, 3.63) is 46.1 Å². The van der Waals surface area contributed by atoms with E-state index in [4.69, 9.17) is 0 Å². The van der Waals surface area contributed by atoms with Gasteiger partial charge in [0, 0.05) is 54.9 Å². The smallest absolute Gasteiger partial charge is 0.255 e. The Balaban J connectivity index is 1.81. The van der Waals surface area contributed by atoms with E-state index in [0.29, 0.717) is 23.6 Å². The molecule has 0 aliphatic carbocycles. The molecular weight excluding hydrogens is 318 g/mol.